The molecular weight excluding hydrogens is 259 g/mol. The van der Waals surface area contributed by atoms with Crippen LogP contribution in [0.1, 0.15) is 22.3 Å². The van der Waals surface area contributed by atoms with Crippen molar-refractivity contribution >= 4 is 37.1 Å². The lowest BCUT2D eigenvalue weighted by Crippen LogP contribution is -1.97. The number of benzene rings is 1. The van der Waals surface area contributed by atoms with Crippen LogP contribution in [0.4, 0.5) is 0 Å². The van der Waals surface area contributed by atoms with Crippen LogP contribution in [0.15, 0.2) is 17.0 Å². The molecule has 1 aliphatic rings. The topological polar surface area (TPSA) is 51.2 Å². The minimum absolute atomic E-state index is 0.0888. The van der Waals surface area contributed by atoms with Crippen molar-refractivity contribution in [2.75, 3.05) is 0 Å². The first-order valence-corrected chi connectivity index (χ1v) is 6.88. The predicted octanol–water partition coefficient (Wildman–Crippen LogP) is 2.40. The monoisotopic (exact) mass is 264 g/mol. The SMILES string of the molecule is O=C1CCc2c(Cl)cc(S(=O)(=O)Cl)cc21. The third kappa shape index (κ3) is 1.89. The van der Waals surface area contributed by atoms with E-state index in [1.807, 2.05) is 0 Å². The summed E-state index contributed by atoms with van der Waals surface area (Å²) in [7, 11) is 1.35. The molecule has 0 N–H and O–H groups in total. The fourth-order valence-corrected chi connectivity index (χ4v) is 2.79. The maximum absolute atomic E-state index is 11.4. The molecule has 1 aliphatic carbocycles. The Kier molecular flexibility index (Phi) is 2.53. The van der Waals surface area contributed by atoms with Crippen LogP contribution >= 0.6 is 22.3 Å². The summed E-state index contributed by atoms with van der Waals surface area (Å²) in [5.74, 6) is -0.0888. The van der Waals surface area contributed by atoms with Gasteiger partial charge < -0.3 is 0 Å². The number of hydrogen-bond acceptors (Lipinski definition) is 3. The molecule has 3 nitrogen and oxygen atoms in total. The van der Waals surface area contributed by atoms with E-state index in [4.69, 9.17) is 22.3 Å². The number of Topliss-reactive ketones (excluding diaryl/α,β-unsaturated/α-hetero) is 1. The highest BCUT2D eigenvalue weighted by atomic mass is 35.7. The Morgan fingerprint density at radius 1 is 1.20 bits per heavy atom. The van der Waals surface area contributed by atoms with Gasteiger partial charge in [0.1, 0.15) is 0 Å². The van der Waals surface area contributed by atoms with Crippen LogP contribution in [0.2, 0.25) is 5.02 Å². The molecule has 0 atom stereocenters. The van der Waals surface area contributed by atoms with Crippen molar-refractivity contribution in [3.05, 3.63) is 28.3 Å². The number of hydrogen-bond donors (Lipinski definition) is 0. The molecule has 1 aromatic rings. The molecule has 0 amide bonds. The maximum atomic E-state index is 11.4. The molecule has 0 saturated heterocycles. The largest absolute Gasteiger partial charge is 0.294 e. The molecule has 2 rings (SSSR count). The Morgan fingerprint density at radius 2 is 1.87 bits per heavy atom. The van der Waals surface area contributed by atoms with Crippen LogP contribution in [0, 0.1) is 0 Å². The summed E-state index contributed by atoms with van der Waals surface area (Å²) >= 11 is 5.87. The Hall–Kier alpha value is -0.580. The van der Waals surface area contributed by atoms with E-state index in [-0.39, 0.29) is 15.7 Å². The minimum atomic E-state index is -3.83. The van der Waals surface area contributed by atoms with E-state index in [0.717, 1.165) is 0 Å². The smallest absolute Gasteiger partial charge is 0.261 e. The highest BCUT2D eigenvalue weighted by molar-refractivity contribution is 8.13. The van der Waals surface area contributed by atoms with Gasteiger partial charge in [-0.15, -0.1) is 0 Å². The number of rotatable bonds is 1. The van der Waals surface area contributed by atoms with Gasteiger partial charge in [-0.1, -0.05) is 11.6 Å². The second kappa shape index (κ2) is 3.47. The minimum Gasteiger partial charge on any atom is -0.294 e. The average Bonchev–Trinajstić information content (AvgIpc) is 2.47. The molecule has 0 bridgehead atoms. The first-order chi connectivity index (χ1) is 6.89. The molecule has 0 aromatic heterocycles. The lowest BCUT2D eigenvalue weighted by Gasteiger charge is -2.03. The first-order valence-electron chi connectivity index (χ1n) is 4.20. The summed E-state index contributed by atoms with van der Waals surface area (Å²) in [6.45, 7) is 0. The van der Waals surface area contributed by atoms with Crippen LogP contribution in [0.5, 0.6) is 0 Å². The van der Waals surface area contributed by atoms with Crippen molar-refractivity contribution < 1.29 is 13.2 Å². The average molecular weight is 265 g/mol. The number of ketones is 1. The summed E-state index contributed by atoms with van der Waals surface area (Å²) in [6, 6.07) is 2.57. The molecule has 0 unspecified atom stereocenters. The standard InChI is InChI=1S/C9H6Cl2O3S/c10-8-4-5(15(11,13)14)3-7-6(8)1-2-9(7)12/h3-4H,1-2H2. The highest BCUT2D eigenvalue weighted by Crippen LogP contribution is 2.32. The molecule has 80 valence electrons. The lowest BCUT2D eigenvalue weighted by molar-refractivity contribution is 0.0994. The lowest BCUT2D eigenvalue weighted by atomic mass is 10.1. The van der Waals surface area contributed by atoms with Crippen molar-refractivity contribution in [1.29, 1.82) is 0 Å². The zero-order chi connectivity index (χ0) is 11.2. The summed E-state index contributed by atoms with van der Waals surface area (Å²) in [5, 5.41) is 0.289. The third-order valence-corrected chi connectivity index (χ3v) is 4.02. The molecule has 0 heterocycles. The van der Waals surface area contributed by atoms with Crippen molar-refractivity contribution in [2.45, 2.75) is 17.7 Å². The van der Waals surface area contributed by atoms with E-state index < -0.39 is 9.05 Å². The number of carbonyl (C=O) groups excluding carboxylic acids is 1. The van der Waals surface area contributed by atoms with Gasteiger partial charge in [-0.05, 0) is 24.1 Å². The molecule has 0 radical (unpaired) electrons. The fraction of sp³-hybridized carbons (Fsp3) is 0.222. The number of fused-ring (bicyclic) bond motifs is 1. The van der Waals surface area contributed by atoms with E-state index in [2.05, 4.69) is 0 Å². The van der Waals surface area contributed by atoms with E-state index >= 15 is 0 Å². The van der Waals surface area contributed by atoms with Gasteiger partial charge in [-0.25, -0.2) is 8.42 Å². The normalized spacial score (nSPS) is 15.5. The van der Waals surface area contributed by atoms with Gasteiger partial charge in [-0.2, -0.15) is 0 Å². The van der Waals surface area contributed by atoms with Crippen molar-refractivity contribution in [3.8, 4) is 0 Å². The Bertz CT molecular complexity index is 549. The molecule has 6 heteroatoms. The van der Waals surface area contributed by atoms with Gasteiger partial charge in [0.15, 0.2) is 5.78 Å². The highest BCUT2D eigenvalue weighted by Gasteiger charge is 2.25. The molecule has 1 aromatic carbocycles. The number of halogens is 2. The van der Waals surface area contributed by atoms with E-state index in [0.29, 0.717) is 24.0 Å². The zero-order valence-corrected chi connectivity index (χ0v) is 9.79. The molecule has 15 heavy (non-hydrogen) atoms. The quantitative estimate of drug-likeness (QED) is 0.732. The summed E-state index contributed by atoms with van der Waals surface area (Å²) in [6.07, 6.45) is 0.941. The first kappa shape index (κ1) is 10.9. The predicted molar refractivity (Wildman–Crippen MR) is 57.1 cm³/mol. The van der Waals surface area contributed by atoms with Crippen molar-refractivity contribution in [2.24, 2.45) is 0 Å². The van der Waals surface area contributed by atoms with E-state index in [1.54, 1.807) is 0 Å². The van der Waals surface area contributed by atoms with Gasteiger partial charge in [0.05, 0.1) is 4.90 Å². The summed E-state index contributed by atoms with van der Waals surface area (Å²) in [5.41, 5.74) is 1.09. The third-order valence-electron chi connectivity index (χ3n) is 2.35. The van der Waals surface area contributed by atoms with Crippen molar-refractivity contribution in [3.63, 3.8) is 0 Å². The molecule has 0 saturated carbocycles. The van der Waals surface area contributed by atoms with Crippen LogP contribution < -0.4 is 0 Å². The van der Waals surface area contributed by atoms with Gasteiger partial charge >= 0.3 is 0 Å². The summed E-state index contributed by atoms with van der Waals surface area (Å²) in [4.78, 5) is 11.3. The molecule has 0 spiro atoms. The van der Waals surface area contributed by atoms with Gasteiger partial charge in [-0.3, -0.25) is 4.79 Å². The fourth-order valence-electron chi connectivity index (χ4n) is 1.63. The van der Waals surface area contributed by atoms with Gasteiger partial charge in [0.25, 0.3) is 9.05 Å². The van der Waals surface area contributed by atoms with Gasteiger partial charge in [0.2, 0.25) is 0 Å². The van der Waals surface area contributed by atoms with Crippen molar-refractivity contribution in [1.82, 2.24) is 0 Å². The van der Waals surface area contributed by atoms with E-state index in [9.17, 15) is 13.2 Å². The Balaban J connectivity index is 2.71. The Labute approximate surface area is 96.4 Å². The van der Waals surface area contributed by atoms with Crippen LogP contribution in [0.25, 0.3) is 0 Å². The van der Waals surface area contributed by atoms with Crippen LogP contribution in [-0.4, -0.2) is 14.2 Å². The van der Waals surface area contributed by atoms with Crippen LogP contribution in [0.3, 0.4) is 0 Å². The Morgan fingerprint density at radius 3 is 2.47 bits per heavy atom. The maximum Gasteiger partial charge on any atom is 0.261 e. The van der Waals surface area contributed by atoms with Gasteiger partial charge in [0, 0.05) is 27.7 Å². The summed E-state index contributed by atoms with van der Waals surface area (Å²) < 4.78 is 22.2. The zero-order valence-electron chi connectivity index (χ0n) is 7.46. The molecular formula is C9H6Cl2O3S. The second-order valence-electron chi connectivity index (χ2n) is 3.29. The van der Waals surface area contributed by atoms with Crippen LogP contribution in [-0.2, 0) is 15.5 Å². The molecule has 0 aliphatic heterocycles. The van der Waals surface area contributed by atoms with E-state index in [1.165, 1.54) is 12.1 Å². The molecule has 0 fully saturated rings. The second-order valence-corrected chi connectivity index (χ2v) is 6.27. The number of carbonyl (C=O) groups is 1.